The molecule has 23 heavy (non-hydrogen) atoms. The molecule has 2 heterocycles. The molecule has 0 bridgehead atoms. The van der Waals surface area contributed by atoms with Crippen LogP contribution in [0.1, 0.15) is 12.7 Å². The summed E-state index contributed by atoms with van der Waals surface area (Å²) in [5.41, 5.74) is 13.4. The lowest BCUT2D eigenvalue weighted by Crippen LogP contribution is -2.06. The molecule has 0 unspecified atom stereocenters. The molecule has 0 amide bonds. The van der Waals surface area contributed by atoms with Gasteiger partial charge in [-0.3, -0.25) is 0 Å². The van der Waals surface area contributed by atoms with E-state index in [4.69, 9.17) is 11.5 Å². The number of benzene rings is 1. The molecule has 0 saturated carbocycles. The van der Waals surface area contributed by atoms with Gasteiger partial charge in [-0.15, -0.1) is 0 Å². The normalized spacial score (nSPS) is 10.8. The molecule has 0 fully saturated rings. The minimum absolute atomic E-state index is 0.136. The maximum atomic E-state index is 5.59. The minimum Gasteiger partial charge on any atom is -0.368 e. The summed E-state index contributed by atoms with van der Waals surface area (Å²) < 4.78 is 2.16. The number of thioether (sulfide) groups is 1. The summed E-state index contributed by atoms with van der Waals surface area (Å²) in [7, 11) is 0. The van der Waals surface area contributed by atoms with Crippen molar-refractivity contribution in [3.63, 3.8) is 0 Å². The lowest BCUT2D eigenvalue weighted by atomic mass is 10.2. The second-order valence-electron chi connectivity index (χ2n) is 4.79. The van der Waals surface area contributed by atoms with E-state index < -0.39 is 0 Å². The van der Waals surface area contributed by atoms with Crippen LogP contribution >= 0.6 is 11.8 Å². The molecular formula is C15H17N7S. The number of rotatable bonds is 5. The fraction of sp³-hybridized carbons (Fsp3) is 0.200. The monoisotopic (exact) mass is 327 g/mol. The van der Waals surface area contributed by atoms with E-state index >= 15 is 0 Å². The first-order valence-electron chi connectivity index (χ1n) is 7.17. The zero-order chi connectivity index (χ0) is 16.2. The van der Waals surface area contributed by atoms with E-state index in [0.29, 0.717) is 11.6 Å². The predicted octanol–water partition coefficient (Wildman–Crippen LogP) is 2.21. The van der Waals surface area contributed by atoms with E-state index in [1.165, 1.54) is 0 Å². The van der Waals surface area contributed by atoms with Crippen LogP contribution in [0.3, 0.4) is 0 Å². The molecule has 3 rings (SSSR count). The van der Waals surface area contributed by atoms with Gasteiger partial charge in [-0.25, -0.2) is 4.98 Å². The first kappa shape index (κ1) is 15.3. The molecule has 0 aliphatic rings. The number of imidazole rings is 1. The van der Waals surface area contributed by atoms with E-state index in [2.05, 4.69) is 43.6 Å². The smallest absolute Gasteiger partial charge is 0.225 e. The van der Waals surface area contributed by atoms with Crippen LogP contribution < -0.4 is 11.5 Å². The van der Waals surface area contributed by atoms with Crippen LogP contribution in [0, 0.1) is 0 Å². The van der Waals surface area contributed by atoms with Crippen molar-refractivity contribution < 1.29 is 0 Å². The summed E-state index contributed by atoms with van der Waals surface area (Å²) in [6.07, 6.45) is 1.89. The van der Waals surface area contributed by atoms with Gasteiger partial charge in [-0.05, 0) is 12.5 Å². The summed E-state index contributed by atoms with van der Waals surface area (Å²) in [5.74, 6) is 1.35. The van der Waals surface area contributed by atoms with Crippen molar-refractivity contribution in [1.82, 2.24) is 24.5 Å². The third-order valence-electron chi connectivity index (χ3n) is 3.25. The number of nitrogens with two attached hydrogens (primary N) is 2. The Balaban J connectivity index is 1.82. The molecule has 0 spiro atoms. The summed E-state index contributed by atoms with van der Waals surface area (Å²) in [6, 6.07) is 10.2. The van der Waals surface area contributed by atoms with Crippen molar-refractivity contribution in [3.05, 3.63) is 42.4 Å². The minimum atomic E-state index is 0.136. The summed E-state index contributed by atoms with van der Waals surface area (Å²) in [6.45, 7) is 2.92. The predicted molar refractivity (Wildman–Crippen MR) is 91.5 cm³/mol. The van der Waals surface area contributed by atoms with Crippen LogP contribution in [-0.2, 0) is 12.3 Å². The Kier molecular flexibility index (Phi) is 4.42. The Morgan fingerprint density at radius 3 is 2.39 bits per heavy atom. The topological polar surface area (TPSA) is 109 Å². The molecule has 0 atom stereocenters. The second-order valence-corrected chi connectivity index (χ2v) is 5.74. The first-order chi connectivity index (χ1) is 11.2. The van der Waals surface area contributed by atoms with Gasteiger partial charge >= 0.3 is 0 Å². The SMILES string of the molecule is CCn1c(-c2ccccc2)cnc1SCc1nc(N)nc(N)n1. The molecule has 0 saturated heterocycles. The molecular weight excluding hydrogens is 310 g/mol. The Labute approximate surface area is 138 Å². The van der Waals surface area contributed by atoms with Gasteiger partial charge in [-0.2, -0.15) is 15.0 Å². The fourth-order valence-electron chi connectivity index (χ4n) is 2.27. The Morgan fingerprint density at radius 2 is 1.74 bits per heavy atom. The summed E-state index contributed by atoms with van der Waals surface area (Å²) >= 11 is 1.55. The van der Waals surface area contributed by atoms with Crippen molar-refractivity contribution in [3.8, 4) is 11.3 Å². The van der Waals surface area contributed by atoms with Crippen molar-refractivity contribution >= 4 is 23.7 Å². The zero-order valence-corrected chi connectivity index (χ0v) is 13.5. The number of nitrogens with zero attached hydrogens (tertiary/aromatic N) is 5. The molecule has 118 valence electrons. The second kappa shape index (κ2) is 6.66. The lowest BCUT2D eigenvalue weighted by Gasteiger charge is -2.09. The molecule has 8 heteroatoms. The maximum Gasteiger partial charge on any atom is 0.225 e. The zero-order valence-electron chi connectivity index (χ0n) is 12.7. The summed E-state index contributed by atoms with van der Waals surface area (Å²) in [4.78, 5) is 16.5. The number of hydrogen-bond donors (Lipinski definition) is 2. The van der Waals surface area contributed by atoms with E-state index in [1.807, 2.05) is 24.4 Å². The van der Waals surface area contributed by atoms with Crippen molar-refractivity contribution in [2.75, 3.05) is 11.5 Å². The maximum absolute atomic E-state index is 5.59. The molecule has 4 N–H and O–H groups in total. The molecule has 2 aromatic heterocycles. The van der Waals surface area contributed by atoms with E-state index in [-0.39, 0.29) is 11.9 Å². The standard InChI is InChI=1S/C15H17N7S/c1-2-22-11(10-6-4-3-5-7-10)8-18-15(22)23-9-12-19-13(16)21-14(17)20-12/h3-8H,2,9H2,1H3,(H4,16,17,19,20,21). The highest BCUT2D eigenvalue weighted by atomic mass is 32.2. The van der Waals surface area contributed by atoms with Gasteiger partial charge in [0.2, 0.25) is 11.9 Å². The molecule has 3 aromatic rings. The van der Waals surface area contributed by atoms with Gasteiger partial charge in [0.05, 0.1) is 17.6 Å². The average Bonchev–Trinajstić information content (AvgIpc) is 2.96. The van der Waals surface area contributed by atoms with E-state index in [9.17, 15) is 0 Å². The summed E-state index contributed by atoms with van der Waals surface area (Å²) in [5, 5.41) is 0.906. The van der Waals surface area contributed by atoms with Gasteiger partial charge in [0.25, 0.3) is 0 Å². The van der Waals surface area contributed by atoms with Crippen LogP contribution in [-0.4, -0.2) is 24.5 Å². The van der Waals surface area contributed by atoms with Gasteiger partial charge < -0.3 is 16.0 Å². The van der Waals surface area contributed by atoms with Crippen LogP contribution in [0.2, 0.25) is 0 Å². The van der Waals surface area contributed by atoms with Crippen LogP contribution in [0.15, 0.2) is 41.7 Å². The fourth-order valence-corrected chi connectivity index (χ4v) is 3.17. The number of hydrogen-bond acceptors (Lipinski definition) is 7. The first-order valence-corrected chi connectivity index (χ1v) is 8.15. The van der Waals surface area contributed by atoms with Crippen LogP contribution in [0.5, 0.6) is 0 Å². The van der Waals surface area contributed by atoms with Gasteiger partial charge in [0, 0.05) is 6.54 Å². The highest BCUT2D eigenvalue weighted by Crippen LogP contribution is 2.27. The van der Waals surface area contributed by atoms with Crippen LogP contribution in [0.4, 0.5) is 11.9 Å². The largest absolute Gasteiger partial charge is 0.368 e. The van der Waals surface area contributed by atoms with Crippen molar-refractivity contribution in [2.24, 2.45) is 0 Å². The Hall–Kier alpha value is -2.61. The third kappa shape index (κ3) is 3.42. The Bertz CT molecular complexity index is 781. The van der Waals surface area contributed by atoms with E-state index in [1.54, 1.807) is 11.8 Å². The van der Waals surface area contributed by atoms with Gasteiger partial charge in [0.1, 0.15) is 5.82 Å². The Morgan fingerprint density at radius 1 is 1.04 bits per heavy atom. The number of aromatic nitrogens is 5. The number of anilines is 2. The highest BCUT2D eigenvalue weighted by molar-refractivity contribution is 7.98. The molecule has 0 aliphatic heterocycles. The molecule has 0 aliphatic carbocycles. The van der Waals surface area contributed by atoms with Crippen molar-refractivity contribution in [2.45, 2.75) is 24.4 Å². The average molecular weight is 327 g/mol. The van der Waals surface area contributed by atoms with Gasteiger partial charge in [-0.1, -0.05) is 42.1 Å². The van der Waals surface area contributed by atoms with Crippen molar-refractivity contribution in [1.29, 1.82) is 0 Å². The molecule has 1 aromatic carbocycles. The van der Waals surface area contributed by atoms with Gasteiger partial charge in [0.15, 0.2) is 5.16 Å². The highest BCUT2D eigenvalue weighted by Gasteiger charge is 2.12. The quantitative estimate of drug-likeness (QED) is 0.691. The van der Waals surface area contributed by atoms with E-state index in [0.717, 1.165) is 23.0 Å². The third-order valence-corrected chi connectivity index (χ3v) is 4.24. The lowest BCUT2D eigenvalue weighted by molar-refractivity contribution is 0.687. The van der Waals surface area contributed by atoms with Crippen LogP contribution in [0.25, 0.3) is 11.3 Å². The molecule has 7 nitrogen and oxygen atoms in total. The molecule has 0 radical (unpaired) electrons. The number of nitrogen functional groups attached to an aromatic ring is 2.